The molecule has 106 valence electrons. The predicted octanol–water partition coefficient (Wildman–Crippen LogP) is 3.12. The third-order valence-corrected chi connectivity index (χ3v) is 4.02. The number of nitrogens with one attached hydrogen (secondary N) is 1. The average Bonchev–Trinajstić information content (AvgIpc) is 2.33. The summed E-state index contributed by atoms with van der Waals surface area (Å²) in [7, 11) is -4.31. The first-order chi connectivity index (χ1) is 9.29. The van der Waals surface area contributed by atoms with E-state index in [0.717, 1.165) is 18.2 Å². The Hall–Kier alpha value is -1.86. The summed E-state index contributed by atoms with van der Waals surface area (Å²) in [5.41, 5.74) is -0.207. The summed E-state index contributed by atoms with van der Waals surface area (Å²) >= 11 is 5.67. The van der Waals surface area contributed by atoms with Crippen molar-refractivity contribution in [2.75, 3.05) is 4.72 Å². The molecule has 0 fully saturated rings. The number of anilines is 1. The van der Waals surface area contributed by atoms with Crippen LogP contribution in [0.15, 0.2) is 41.3 Å². The van der Waals surface area contributed by atoms with Gasteiger partial charge in [0.05, 0.1) is 5.69 Å². The predicted molar refractivity (Wildman–Crippen MR) is 70.3 cm³/mol. The molecule has 0 amide bonds. The van der Waals surface area contributed by atoms with Crippen LogP contribution in [0.3, 0.4) is 0 Å². The highest BCUT2D eigenvalue weighted by atomic mass is 35.5. The summed E-state index contributed by atoms with van der Waals surface area (Å²) < 4.78 is 52.2. The van der Waals surface area contributed by atoms with Gasteiger partial charge in [0.25, 0.3) is 10.0 Å². The second kappa shape index (κ2) is 5.26. The van der Waals surface area contributed by atoms with Crippen LogP contribution < -0.4 is 4.72 Å². The van der Waals surface area contributed by atoms with Crippen LogP contribution >= 0.6 is 11.6 Å². The molecule has 0 saturated heterocycles. The minimum atomic E-state index is -4.31. The number of phenols is 1. The fourth-order valence-corrected chi connectivity index (χ4v) is 2.78. The molecule has 2 aromatic rings. The zero-order valence-electron chi connectivity index (χ0n) is 9.77. The van der Waals surface area contributed by atoms with Crippen molar-refractivity contribution in [2.45, 2.75) is 4.90 Å². The van der Waals surface area contributed by atoms with Crippen molar-refractivity contribution < 1.29 is 22.3 Å². The lowest BCUT2D eigenvalue weighted by Crippen LogP contribution is -2.14. The van der Waals surface area contributed by atoms with Crippen LogP contribution in [0.4, 0.5) is 14.5 Å². The Morgan fingerprint density at radius 3 is 2.45 bits per heavy atom. The molecule has 0 heterocycles. The van der Waals surface area contributed by atoms with Crippen LogP contribution in [0.5, 0.6) is 5.75 Å². The molecule has 0 aliphatic carbocycles. The van der Waals surface area contributed by atoms with Crippen LogP contribution in [0.2, 0.25) is 5.02 Å². The molecule has 0 spiro atoms. The maximum absolute atomic E-state index is 13.5. The number of hydrogen-bond donors (Lipinski definition) is 2. The maximum Gasteiger partial charge on any atom is 0.264 e. The van der Waals surface area contributed by atoms with Gasteiger partial charge in [0.1, 0.15) is 22.3 Å². The highest BCUT2D eigenvalue weighted by Crippen LogP contribution is 2.29. The second-order valence-corrected chi connectivity index (χ2v) is 5.93. The molecular weight excluding hydrogens is 312 g/mol. The standard InChI is InChI=1S/C12H8ClF2NO3S/c13-7-1-3-11(17)10(5-7)16-20(18,19)12-4-2-8(14)6-9(12)15/h1-6,16-17H. The molecule has 8 heteroatoms. The van der Waals surface area contributed by atoms with E-state index in [1.54, 1.807) is 0 Å². The third kappa shape index (κ3) is 3.00. The Bertz CT molecular complexity index is 765. The van der Waals surface area contributed by atoms with Gasteiger partial charge in [-0.05, 0) is 30.3 Å². The molecule has 2 aromatic carbocycles. The van der Waals surface area contributed by atoms with E-state index in [2.05, 4.69) is 0 Å². The van der Waals surface area contributed by atoms with Gasteiger partial charge in [-0.25, -0.2) is 17.2 Å². The van der Waals surface area contributed by atoms with E-state index in [1.807, 2.05) is 4.72 Å². The van der Waals surface area contributed by atoms with Crippen LogP contribution in [0.25, 0.3) is 0 Å². The van der Waals surface area contributed by atoms with Gasteiger partial charge in [0, 0.05) is 11.1 Å². The van der Waals surface area contributed by atoms with Crippen LogP contribution in [0, 0.1) is 11.6 Å². The van der Waals surface area contributed by atoms with Crippen molar-refractivity contribution in [3.05, 3.63) is 53.1 Å². The van der Waals surface area contributed by atoms with E-state index in [1.165, 1.54) is 12.1 Å². The SMILES string of the molecule is O=S(=O)(Nc1cc(Cl)ccc1O)c1ccc(F)cc1F. The molecule has 0 radical (unpaired) electrons. The Morgan fingerprint density at radius 1 is 1.10 bits per heavy atom. The zero-order chi connectivity index (χ0) is 14.9. The van der Waals surface area contributed by atoms with Gasteiger partial charge in [-0.1, -0.05) is 11.6 Å². The van der Waals surface area contributed by atoms with Gasteiger partial charge >= 0.3 is 0 Å². The van der Waals surface area contributed by atoms with E-state index < -0.39 is 26.6 Å². The molecule has 0 bridgehead atoms. The highest BCUT2D eigenvalue weighted by Gasteiger charge is 2.21. The first kappa shape index (κ1) is 14.5. The lowest BCUT2D eigenvalue weighted by Gasteiger charge is -2.10. The molecule has 0 aliphatic heterocycles. The molecular formula is C12H8ClF2NO3S. The first-order valence-corrected chi connectivity index (χ1v) is 7.12. The van der Waals surface area contributed by atoms with Gasteiger partial charge in [0.2, 0.25) is 0 Å². The quantitative estimate of drug-likeness (QED) is 0.854. The minimum absolute atomic E-state index is 0.181. The zero-order valence-corrected chi connectivity index (χ0v) is 11.3. The Labute approximate surface area is 118 Å². The Kier molecular flexibility index (Phi) is 3.82. The fraction of sp³-hybridized carbons (Fsp3) is 0. The molecule has 20 heavy (non-hydrogen) atoms. The number of benzene rings is 2. The molecule has 2 rings (SSSR count). The van der Waals surface area contributed by atoms with Crippen LogP contribution in [-0.2, 0) is 10.0 Å². The monoisotopic (exact) mass is 319 g/mol. The molecule has 4 nitrogen and oxygen atoms in total. The Morgan fingerprint density at radius 2 is 1.80 bits per heavy atom. The molecule has 0 unspecified atom stereocenters. The van der Waals surface area contributed by atoms with Gasteiger partial charge in [-0.3, -0.25) is 4.72 Å². The Balaban J connectivity index is 2.43. The van der Waals surface area contributed by atoms with Crippen molar-refractivity contribution in [3.63, 3.8) is 0 Å². The summed E-state index contributed by atoms with van der Waals surface area (Å²) in [4.78, 5) is -0.738. The number of phenolic OH excluding ortho intramolecular Hbond substituents is 1. The van der Waals surface area contributed by atoms with Gasteiger partial charge in [-0.2, -0.15) is 0 Å². The minimum Gasteiger partial charge on any atom is -0.506 e. The van der Waals surface area contributed by atoms with Crippen LogP contribution in [0.1, 0.15) is 0 Å². The van der Waals surface area contributed by atoms with Gasteiger partial charge in [-0.15, -0.1) is 0 Å². The van der Waals surface area contributed by atoms with Crippen molar-refractivity contribution >= 4 is 27.3 Å². The van der Waals surface area contributed by atoms with E-state index in [-0.39, 0.29) is 16.5 Å². The lowest BCUT2D eigenvalue weighted by atomic mass is 10.3. The molecule has 2 N–H and O–H groups in total. The maximum atomic E-state index is 13.5. The fourth-order valence-electron chi connectivity index (χ4n) is 1.48. The number of sulfonamides is 1. The topological polar surface area (TPSA) is 66.4 Å². The van der Waals surface area contributed by atoms with Crippen LogP contribution in [-0.4, -0.2) is 13.5 Å². The summed E-state index contributed by atoms with van der Waals surface area (Å²) in [5.74, 6) is -2.51. The van der Waals surface area contributed by atoms with Crippen molar-refractivity contribution in [1.29, 1.82) is 0 Å². The number of halogens is 3. The molecule has 0 atom stereocenters. The summed E-state index contributed by atoms with van der Waals surface area (Å²) in [6.07, 6.45) is 0. The van der Waals surface area contributed by atoms with Gasteiger partial charge < -0.3 is 5.11 Å². The normalized spacial score (nSPS) is 11.3. The van der Waals surface area contributed by atoms with E-state index >= 15 is 0 Å². The molecule has 0 saturated carbocycles. The second-order valence-electron chi connectivity index (χ2n) is 3.84. The number of aromatic hydroxyl groups is 1. The van der Waals surface area contributed by atoms with Crippen molar-refractivity contribution in [3.8, 4) is 5.75 Å². The average molecular weight is 320 g/mol. The van der Waals surface area contributed by atoms with Crippen molar-refractivity contribution in [1.82, 2.24) is 0 Å². The van der Waals surface area contributed by atoms with E-state index in [4.69, 9.17) is 11.6 Å². The molecule has 0 aliphatic rings. The molecule has 0 aromatic heterocycles. The number of rotatable bonds is 3. The van der Waals surface area contributed by atoms with E-state index in [0.29, 0.717) is 6.07 Å². The third-order valence-electron chi connectivity index (χ3n) is 2.39. The van der Waals surface area contributed by atoms with E-state index in [9.17, 15) is 22.3 Å². The summed E-state index contributed by atoms with van der Waals surface area (Å²) in [6, 6.07) is 5.75. The first-order valence-electron chi connectivity index (χ1n) is 5.26. The lowest BCUT2D eigenvalue weighted by molar-refractivity contribution is 0.477. The smallest absolute Gasteiger partial charge is 0.264 e. The highest BCUT2D eigenvalue weighted by molar-refractivity contribution is 7.92. The van der Waals surface area contributed by atoms with Crippen molar-refractivity contribution in [2.24, 2.45) is 0 Å². The van der Waals surface area contributed by atoms with Gasteiger partial charge in [0.15, 0.2) is 0 Å². The summed E-state index contributed by atoms with van der Waals surface area (Å²) in [5, 5.41) is 9.70. The largest absolute Gasteiger partial charge is 0.506 e. The summed E-state index contributed by atoms with van der Waals surface area (Å²) in [6.45, 7) is 0. The number of hydrogen-bond acceptors (Lipinski definition) is 3.